The number of esters is 1. The van der Waals surface area contributed by atoms with Crippen LogP contribution in [0.25, 0.3) is 10.8 Å². The summed E-state index contributed by atoms with van der Waals surface area (Å²) in [5.41, 5.74) is 8.30. The van der Waals surface area contributed by atoms with E-state index in [0.29, 0.717) is 12.3 Å². The first-order valence-electron chi connectivity index (χ1n) is 12.7. The van der Waals surface area contributed by atoms with E-state index in [2.05, 4.69) is 28.4 Å². The van der Waals surface area contributed by atoms with E-state index in [-0.39, 0.29) is 61.5 Å². The molecule has 0 atom stereocenters. The largest absolute Gasteiger partial charge is 0.490 e. The molecule has 39 heavy (non-hydrogen) atoms. The van der Waals surface area contributed by atoms with E-state index >= 15 is 0 Å². The fourth-order valence-electron chi connectivity index (χ4n) is 4.49. The average Bonchev–Trinajstić information content (AvgIpc) is 2.89. The van der Waals surface area contributed by atoms with E-state index in [1.54, 1.807) is 6.92 Å². The van der Waals surface area contributed by atoms with Crippen LogP contribution in [0.5, 0.6) is 5.75 Å². The number of rotatable bonds is 10. The van der Waals surface area contributed by atoms with Gasteiger partial charge in [-0.3, -0.25) is 19.9 Å². The summed E-state index contributed by atoms with van der Waals surface area (Å²) in [6.45, 7) is 4.83. The van der Waals surface area contributed by atoms with Crippen molar-refractivity contribution in [2.45, 2.75) is 45.3 Å². The minimum absolute atomic E-state index is 0. The van der Waals surface area contributed by atoms with Crippen molar-refractivity contribution in [2.75, 3.05) is 25.0 Å². The molecule has 4 rings (SSSR count). The molecule has 3 aromatic carbocycles. The van der Waals surface area contributed by atoms with Crippen LogP contribution < -0.4 is 15.8 Å². The lowest BCUT2D eigenvalue weighted by molar-refractivity contribution is -0.144. The number of amides is 1. The summed E-state index contributed by atoms with van der Waals surface area (Å²) in [6, 6.07) is 19.7. The molecule has 1 fully saturated rings. The van der Waals surface area contributed by atoms with Crippen LogP contribution >= 0.6 is 24.8 Å². The highest BCUT2D eigenvalue weighted by atomic mass is 35.5. The first-order valence-corrected chi connectivity index (χ1v) is 12.7. The first kappa shape index (κ1) is 31.9. The standard InChI is InChI=1S/C29H34N4O4.2ClH/c1-2-36-28(35)12-11-27(34)32-24-7-9-25(10-8-24)37-26-13-15-33(16-14-26)19-20-3-4-21-5-6-22(29(30)31)18-23(21)17-20;;/h3-10,17-18,26H,2,11-16,19H2,1H3,(H3,30,31)(H,32,34);2*1H. The van der Waals surface area contributed by atoms with Gasteiger partial charge in [0.1, 0.15) is 17.7 Å². The van der Waals surface area contributed by atoms with E-state index in [9.17, 15) is 9.59 Å². The average molecular weight is 576 g/mol. The van der Waals surface area contributed by atoms with Gasteiger partial charge >= 0.3 is 5.97 Å². The number of likely N-dealkylation sites (tertiary alicyclic amines) is 1. The number of fused-ring (bicyclic) bond motifs is 1. The third-order valence-corrected chi connectivity index (χ3v) is 6.46. The van der Waals surface area contributed by atoms with Crippen molar-refractivity contribution in [1.29, 1.82) is 5.41 Å². The SMILES string of the molecule is CCOC(=O)CCC(=O)Nc1ccc(OC2CCN(Cc3ccc4ccc(C(=N)N)cc4c3)CC2)cc1.Cl.Cl. The summed E-state index contributed by atoms with van der Waals surface area (Å²) < 4.78 is 11.0. The maximum atomic E-state index is 12.0. The summed E-state index contributed by atoms with van der Waals surface area (Å²) in [7, 11) is 0. The van der Waals surface area contributed by atoms with Gasteiger partial charge in [-0.2, -0.15) is 0 Å². The molecule has 0 aliphatic carbocycles. The Labute approximate surface area is 241 Å². The van der Waals surface area contributed by atoms with Crippen LogP contribution in [0.4, 0.5) is 5.69 Å². The highest BCUT2D eigenvalue weighted by Gasteiger charge is 2.21. The maximum absolute atomic E-state index is 12.0. The predicted octanol–water partition coefficient (Wildman–Crippen LogP) is 5.29. The first-order chi connectivity index (χ1) is 17.9. The van der Waals surface area contributed by atoms with Crippen molar-refractivity contribution in [3.63, 3.8) is 0 Å². The molecule has 8 nitrogen and oxygen atoms in total. The van der Waals surface area contributed by atoms with Crippen LogP contribution in [-0.4, -0.2) is 48.4 Å². The molecule has 1 amide bonds. The number of nitrogens with one attached hydrogen (secondary N) is 2. The zero-order valence-corrected chi connectivity index (χ0v) is 23.6. The Balaban J connectivity index is 0.00000267. The number of hydrogen-bond acceptors (Lipinski definition) is 6. The lowest BCUT2D eigenvalue weighted by atomic mass is 10.0. The van der Waals surface area contributed by atoms with Gasteiger partial charge in [0.15, 0.2) is 0 Å². The molecule has 1 aliphatic rings. The van der Waals surface area contributed by atoms with E-state index < -0.39 is 0 Å². The number of anilines is 1. The Kier molecular flexibility index (Phi) is 12.5. The Bertz CT molecular complexity index is 1260. The second kappa shape index (κ2) is 15.3. The van der Waals surface area contributed by atoms with Gasteiger partial charge in [0, 0.05) is 37.3 Å². The summed E-state index contributed by atoms with van der Waals surface area (Å²) in [5, 5.41) is 12.7. The zero-order valence-electron chi connectivity index (χ0n) is 22.0. The van der Waals surface area contributed by atoms with Crippen molar-refractivity contribution in [1.82, 2.24) is 4.90 Å². The molecule has 0 bridgehead atoms. The van der Waals surface area contributed by atoms with Crippen LogP contribution in [0, 0.1) is 5.41 Å². The predicted molar refractivity (Wildman–Crippen MR) is 159 cm³/mol. The number of carbonyl (C=O) groups excluding carboxylic acids is 2. The molecule has 0 saturated carbocycles. The molecule has 0 radical (unpaired) electrons. The second-order valence-corrected chi connectivity index (χ2v) is 9.28. The smallest absolute Gasteiger partial charge is 0.306 e. The minimum Gasteiger partial charge on any atom is -0.490 e. The fourth-order valence-corrected chi connectivity index (χ4v) is 4.49. The lowest BCUT2D eigenvalue weighted by Gasteiger charge is -2.32. The van der Waals surface area contributed by atoms with Crippen LogP contribution in [0.1, 0.15) is 43.7 Å². The topological polar surface area (TPSA) is 118 Å². The van der Waals surface area contributed by atoms with Crippen molar-refractivity contribution < 1.29 is 19.1 Å². The van der Waals surface area contributed by atoms with Crippen LogP contribution in [-0.2, 0) is 20.9 Å². The molecule has 3 aromatic rings. The number of nitrogen functional groups attached to an aromatic ring is 1. The molecule has 0 aromatic heterocycles. The Morgan fingerprint density at radius 3 is 2.33 bits per heavy atom. The minimum atomic E-state index is -0.368. The van der Waals surface area contributed by atoms with E-state index in [1.165, 1.54) is 5.56 Å². The molecule has 10 heteroatoms. The number of benzene rings is 3. The third-order valence-electron chi connectivity index (χ3n) is 6.46. The van der Waals surface area contributed by atoms with Gasteiger partial charge in [-0.1, -0.05) is 24.3 Å². The summed E-state index contributed by atoms with van der Waals surface area (Å²) in [4.78, 5) is 25.9. The maximum Gasteiger partial charge on any atom is 0.306 e. The number of hydrogen-bond donors (Lipinski definition) is 3. The molecular weight excluding hydrogens is 539 g/mol. The monoisotopic (exact) mass is 574 g/mol. The van der Waals surface area contributed by atoms with Crippen LogP contribution in [0.3, 0.4) is 0 Å². The van der Waals surface area contributed by atoms with Crippen molar-refractivity contribution in [3.05, 3.63) is 71.8 Å². The Morgan fingerprint density at radius 2 is 1.67 bits per heavy atom. The van der Waals surface area contributed by atoms with Crippen LogP contribution in [0.2, 0.25) is 0 Å². The van der Waals surface area contributed by atoms with Gasteiger partial charge < -0.3 is 20.5 Å². The van der Waals surface area contributed by atoms with E-state index in [0.717, 1.165) is 54.6 Å². The highest BCUT2D eigenvalue weighted by Crippen LogP contribution is 2.24. The summed E-state index contributed by atoms with van der Waals surface area (Å²) in [5.74, 6) is 0.270. The van der Waals surface area contributed by atoms with Gasteiger partial charge in [0.25, 0.3) is 0 Å². The lowest BCUT2D eigenvalue weighted by Crippen LogP contribution is -2.37. The second-order valence-electron chi connectivity index (χ2n) is 9.28. The Morgan fingerprint density at radius 1 is 0.974 bits per heavy atom. The highest BCUT2D eigenvalue weighted by molar-refractivity contribution is 5.99. The van der Waals surface area contributed by atoms with Crippen molar-refractivity contribution in [2.24, 2.45) is 5.73 Å². The van der Waals surface area contributed by atoms with Gasteiger partial charge in [-0.15, -0.1) is 24.8 Å². The van der Waals surface area contributed by atoms with Crippen molar-refractivity contribution >= 4 is 59.0 Å². The number of ether oxygens (including phenoxy) is 2. The van der Waals surface area contributed by atoms with Gasteiger partial charge in [0.2, 0.25) is 5.91 Å². The quantitative estimate of drug-likeness (QED) is 0.172. The molecule has 210 valence electrons. The molecule has 1 saturated heterocycles. The zero-order chi connectivity index (χ0) is 26.2. The number of amidine groups is 1. The van der Waals surface area contributed by atoms with Gasteiger partial charge in [0.05, 0.1) is 13.0 Å². The number of nitrogens with zero attached hydrogens (tertiary/aromatic N) is 1. The normalized spacial score (nSPS) is 13.6. The molecule has 0 unspecified atom stereocenters. The van der Waals surface area contributed by atoms with Gasteiger partial charge in [-0.05, 0) is 72.5 Å². The van der Waals surface area contributed by atoms with E-state index in [4.69, 9.17) is 20.6 Å². The number of carbonyl (C=O) groups is 2. The molecule has 1 heterocycles. The van der Waals surface area contributed by atoms with Crippen molar-refractivity contribution in [3.8, 4) is 5.75 Å². The Hall–Kier alpha value is -3.33. The molecular formula is C29H36Cl2N4O4. The summed E-state index contributed by atoms with van der Waals surface area (Å²) in [6.07, 6.45) is 2.19. The van der Waals surface area contributed by atoms with Crippen LogP contribution in [0.15, 0.2) is 60.7 Å². The molecule has 1 aliphatic heterocycles. The summed E-state index contributed by atoms with van der Waals surface area (Å²) >= 11 is 0. The number of halogens is 2. The van der Waals surface area contributed by atoms with E-state index in [1.807, 2.05) is 42.5 Å². The molecule has 4 N–H and O–H groups in total. The number of nitrogens with two attached hydrogens (primary N) is 1. The number of piperidine rings is 1. The molecule has 0 spiro atoms. The third kappa shape index (κ3) is 9.42. The fraction of sp³-hybridized carbons (Fsp3) is 0.345. The van der Waals surface area contributed by atoms with Gasteiger partial charge in [-0.25, -0.2) is 0 Å².